The summed E-state index contributed by atoms with van der Waals surface area (Å²) in [5.41, 5.74) is -0.417. The second-order valence-corrected chi connectivity index (χ2v) is 10.2. The molecule has 3 heteroatoms. The number of rotatable bonds is 6. The number of fused-ring (bicyclic) bond motifs is 2. The Morgan fingerprint density at radius 1 is 1.08 bits per heavy atom. The fraction of sp³-hybridized carbons (Fsp3) is 1.00. The highest BCUT2D eigenvalue weighted by Gasteiger charge is 2.44. The second-order valence-electron chi connectivity index (χ2n) is 10.2. The van der Waals surface area contributed by atoms with Crippen molar-refractivity contribution >= 4 is 0 Å². The highest BCUT2D eigenvalue weighted by Crippen LogP contribution is 2.47. The molecule has 2 aliphatic carbocycles. The summed E-state index contributed by atoms with van der Waals surface area (Å²) in [5, 5.41) is 21.4. The van der Waals surface area contributed by atoms with Gasteiger partial charge in [0.05, 0.1) is 11.7 Å². The molecule has 0 heterocycles. The summed E-state index contributed by atoms with van der Waals surface area (Å²) in [6, 6.07) is 0. The van der Waals surface area contributed by atoms with E-state index in [1.807, 2.05) is 0 Å². The molecule has 0 aromatic carbocycles. The molecule has 0 aliphatic heterocycles. The molecule has 0 aromatic rings. The lowest BCUT2D eigenvalue weighted by atomic mass is 9.64. The van der Waals surface area contributed by atoms with E-state index < -0.39 is 11.9 Å². The van der Waals surface area contributed by atoms with E-state index in [0.717, 1.165) is 38.5 Å². The van der Waals surface area contributed by atoms with Crippen LogP contribution in [0.4, 0.5) is 0 Å². The van der Waals surface area contributed by atoms with Gasteiger partial charge in [0.2, 0.25) is 0 Å². The van der Waals surface area contributed by atoms with E-state index in [1.165, 1.54) is 6.42 Å². The van der Waals surface area contributed by atoms with Gasteiger partial charge < -0.3 is 14.9 Å². The fourth-order valence-electron chi connectivity index (χ4n) is 5.09. The zero-order valence-corrected chi connectivity index (χ0v) is 16.7. The lowest BCUT2D eigenvalue weighted by Crippen LogP contribution is -2.46. The molecule has 0 radical (unpaired) electrons. The minimum Gasteiger partial charge on any atom is -0.390 e. The Kier molecular flexibility index (Phi) is 6.42. The number of aliphatic hydroxyl groups is 2. The summed E-state index contributed by atoms with van der Waals surface area (Å²) in [6.45, 7) is 13.1. The monoisotopic (exact) mass is 340 g/mol. The molecule has 2 rings (SSSR count). The van der Waals surface area contributed by atoms with Crippen LogP contribution in [0.15, 0.2) is 0 Å². The maximum absolute atomic E-state index is 10.8. The van der Waals surface area contributed by atoms with Crippen LogP contribution in [-0.4, -0.2) is 28.2 Å². The quantitative estimate of drug-likeness (QED) is 0.686. The molecule has 2 aliphatic rings. The van der Waals surface area contributed by atoms with Gasteiger partial charge in [0.25, 0.3) is 0 Å². The Bertz CT molecular complexity index is 384. The van der Waals surface area contributed by atoms with Crippen LogP contribution in [0.1, 0.15) is 86.5 Å². The van der Waals surface area contributed by atoms with Crippen molar-refractivity contribution in [3.8, 4) is 0 Å². The molecule has 2 N–H and O–H groups in total. The average Bonchev–Trinajstić information content (AvgIpc) is 2.42. The highest BCUT2D eigenvalue weighted by molar-refractivity contribution is 4.94. The van der Waals surface area contributed by atoms with Gasteiger partial charge in [0.1, 0.15) is 0 Å². The maximum Gasteiger partial charge on any atom is 0.158 e. The van der Waals surface area contributed by atoms with Crippen LogP contribution in [0.3, 0.4) is 0 Å². The van der Waals surface area contributed by atoms with E-state index in [9.17, 15) is 10.2 Å². The zero-order valence-electron chi connectivity index (χ0n) is 16.7. The smallest absolute Gasteiger partial charge is 0.158 e. The van der Waals surface area contributed by atoms with E-state index in [2.05, 4.69) is 41.5 Å². The van der Waals surface area contributed by atoms with Crippen molar-refractivity contribution in [2.24, 2.45) is 29.1 Å². The Morgan fingerprint density at radius 3 is 2.04 bits per heavy atom. The van der Waals surface area contributed by atoms with E-state index in [1.54, 1.807) is 0 Å². The summed E-state index contributed by atoms with van der Waals surface area (Å²) < 4.78 is 6.19. The zero-order chi connectivity index (χ0) is 18.1. The normalized spacial score (nSPS) is 36.6. The molecular weight excluding hydrogens is 300 g/mol. The summed E-state index contributed by atoms with van der Waals surface area (Å²) >= 11 is 0. The Balaban J connectivity index is 1.96. The minimum absolute atomic E-state index is 0.0384. The van der Waals surface area contributed by atoms with Crippen molar-refractivity contribution in [1.29, 1.82) is 0 Å². The number of hydrogen-bond acceptors (Lipinski definition) is 3. The van der Waals surface area contributed by atoms with Gasteiger partial charge in [-0.3, -0.25) is 0 Å². The molecule has 4 unspecified atom stereocenters. The van der Waals surface area contributed by atoms with Gasteiger partial charge in [-0.1, -0.05) is 41.5 Å². The SMILES string of the molecule is CCC1(O)CC2CC(CC(OC(O)C(CC(C)C)C(C)(C)C)C2)C1. The fourth-order valence-corrected chi connectivity index (χ4v) is 5.09. The first-order chi connectivity index (χ1) is 11.0. The molecule has 2 bridgehead atoms. The van der Waals surface area contributed by atoms with E-state index in [-0.39, 0.29) is 17.4 Å². The summed E-state index contributed by atoms with van der Waals surface area (Å²) in [7, 11) is 0. The van der Waals surface area contributed by atoms with Gasteiger partial charge in [-0.15, -0.1) is 0 Å². The Hall–Kier alpha value is -0.120. The molecule has 2 saturated carbocycles. The maximum atomic E-state index is 10.8. The van der Waals surface area contributed by atoms with Crippen molar-refractivity contribution in [1.82, 2.24) is 0 Å². The van der Waals surface area contributed by atoms with Gasteiger partial charge in [0.15, 0.2) is 6.29 Å². The van der Waals surface area contributed by atoms with Crippen LogP contribution in [-0.2, 0) is 4.74 Å². The molecule has 2 fully saturated rings. The standard InChI is InChI=1S/C21H40O3/c1-7-21(23)12-15-9-16(13-21)11-17(10-15)24-19(22)18(8-14(2)3)20(4,5)6/h14-19,22-23H,7-13H2,1-6H3. The molecule has 0 aromatic heterocycles. The predicted molar refractivity (Wildman–Crippen MR) is 98.6 cm³/mol. The van der Waals surface area contributed by atoms with E-state index >= 15 is 0 Å². The van der Waals surface area contributed by atoms with Crippen LogP contribution >= 0.6 is 0 Å². The third-order valence-corrected chi connectivity index (χ3v) is 6.37. The van der Waals surface area contributed by atoms with Gasteiger partial charge in [-0.2, -0.15) is 0 Å². The van der Waals surface area contributed by atoms with Crippen molar-refractivity contribution in [2.75, 3.05) is 0 Å². The van der Waals surface area contributed by atoms with Crippen molar-refractivity contribution in [3.63, 3.8) is 0 Å². The van der Waals surface area contributed by atoms with Crippen molar-refractivity contribution in [3.05, 3.63) is 0 Å². The minimum atomic E-state index is -0.679. The molecule has 142 valence electrons. The molecule has 24 heavy (non-hydrogen) atoms. The number of aliphatic hydroxyl groups excluding tert-OH is 1. The Labute approximate surface area is 149 Å². The van der Waals surface area contributed by atoms with Crippen LogP contribution in [0.5, 0.6) is 0 Å². The second kappa shape index (κ2) is 7.63. The number of hydrogen-bond donors (Lipinski definition) is 2. The lowest BCUT2D eigenvalue weighted by Gasteiger charge is -2.47. The largest absolute Gasteiger partial charge is 0.390 e. The first kappa shape index (κ1) is 20.2. The molecule has 4 atom stereocenters. The van der Waals surface area contributed by atoms with Crippen LogP contribution in [0.25, 0.3) is 0 Å². The summed E-state index contributed by atoms with van der Waals surface area (Å²) in [6.07, 6.45) is 6.35. The van der Waals surface area contributed by atoms with Crippen molar-refractivity contribution in [2.45, 2.75) is 104 Å². The van der Waals surface area contributed by atoms with Gasteiger partial charge >= 0.3 is 0 Å². The predicted octanol–water partition coefficient (Wildman–Crippen LogP) is 4.75. The first-order valence-corrected chi connectivity index (χ1v) is 10.1. The van der Waals surface area contributed by atoms with Crippen LogP contribution < -0.4 is 0 Å². The van der Waals surface area contributed by atoms with E-state index in [4.69, 9.17) is 4.74 Å². The summed E-state index contributed by atoms with van der Waals surface area (Å²) in [5.74, 6) is 1.82. The molecule has 0 spiro atoms. The first-order valence-electron chi connectivity index (χ1n) is 10.1. The van der Waals surface area contributed by atoms with Gasteiger partial charge in [-0.25, -0.2) is 0 Å². The molecular formula is C21H40O3. The molecule has 3 nitrogen and oxygen atoms in total. The average molecular weight is 341 g/mol. The highest BCUT2D eigenvalue weighted by atomic mass is 16.6. The third-order valence-electron chi connectivity index (χ3n) is 6.37. The van der Waals surface area contributed by atoms with Gasteiger partial charge in [-0.05, 0) is 68.1 Å². The lowest BCUT2D eigenvalue weighted by molar-refractivity contribution is -0.206. The summed E-state index contributed by atoms with van der Waals surface area (Å²) in [4.78, 5) is 0. The Morgan fingerprint density at radius 2 is 1.62 bits per heavy atom. The topological polar surface area (TPSA) is 49.7 Å². The van der Waals surface area contributed by atoms with Crippen LogP contribution in [0, 0.1) is 29.1 Å². The molecule has 0 amide bonds. The third kappa shape index (κ3) is 5.19. The van der Waals surface area contributed by atoms with Gasteiger partial charge in [0, 0.05) is 5.92 Å². The van der Waals surface area contributed by atoms with E-state index in [0.29, 0.717) is 17.8 Å². The van der Waals surface area contributed by atoms with Crippen LogP contribution in [0.2, 0.25) is 0 Å². The van der Waals surface area contributed by atoms with Crippen molar-refractivity contribution < 1.29 is 14.9 Å². The number of ether oxygens (including phenoxy) is 1. The molecule has 0 saturated heterocycles.